The van der Waals surface area contributed by atoms with Gasteiger partial charge < -0.3 is 4.74 Å². The summed E-state index contributed by atoms with van der Waals surface area (Å²) in [5, 5.41) is -0.168. The first-order valence-corrected chi connectivity index (χ1v) is 8.45. The molecule has 0 amide bonds. The van der Waals surface area contributed by atoms with E-state index in [0.29, 0.717) is 0 Å². The van der Waals surface area contributed by atoms with E-state index in [0.717, 1.165) is 32.2 Å². The van der Waals surface area contributed by atoms with Crippen LogP contribution in [0.4, 0.5) is 0 Å². The zero-order valence-electron chi connectivity index (χ0n) is 10.9. The summed E-state index contributed by atoms with van der Waals surface area (Å²) < 4.78 is 7.77. The third-order valence-corrected chi connectivity index (χ3v) is 5.12. The molecule has 0 aliphatic carbocycles. The summed E-state index contributed by atoms with van der Waals surface area (Å²) in [5.74, 6) is 0.986. The minimum atomic E-state index is -0.168. The highest BCUT2D eigenvalue weighted by atomic mass is 79.9. The fourth-order valence-corrected chi connectivity index (χ4v) is 4.22. The summed E-state index contributed by atoms with van der Waals surface area (Å²) in [6.45, 7) is 2.09. The van der Waals surface area contributed by atoms with Gasteiger partial charge in [0.05, 0.1) is 5.38 Å². The zero-order valence-corrected chi connectivity index (χ0v) is 14.8. The molecule has 2 unspecified atom stereocenters. The van der Waals surface area contributed by atoms with Gasteiger partial charge in [0.1, 0.15) is 11.9 Å². The molecular weight excluding hydrogens is 403 g/mol. The predicted molar refractivity (Wildman–Crippen MR) is 89.8 cm³/mol. The highest BCUT2D eigenvalue weighted by molar-refractivity contribution is 9.11. The lowest BCUT2D eigenvalue weighted by molar-refractivity contribution is 0.254. The molecule has 1 heterocycles. The van der Waals surface area contributed by atoms with E-state index in [1.807, 2.05) is 30.3 Å². The Labute approximate surface area is 140 Å². The van der Waals surface area contributed by atoms with Crippen molar-refractivity contribution in [2.75, 3.05) is 0 Å². The van der Waals surface area contributed by atoms with Crippen LogP contribution in [0.5, 0.6) is 5.75 Å². The van der Waals surface area contributed by atoms with E-state index < -0.39 is 0 Å². The maximum atomic E-state index is 6.64. The zero-order chi connectivity index (χ0) is 14.3. The Balaban J connectivity index is 1.95. The standard InChI is InChI=1S/C16H13Br2ClO/c1-9-6-11-7-10(2-5-15(11)20-9)16(19)13-4-3-12(17)8-14(13)18/h2-5,7-9,16H,6H2,1H3. The minimum Gasteiger partial charge on any atom is -0.490 e. The molecule has 0 aromatic heterocycles. The summed E-state index contributed by atoms with van der Waals surface area (Å²) >= 11 is 13.7. The lowest BCUT2D eigenvalue weighted by Crippen LogP contribution is -2.05. The molecular formula is C16H13Br2ClO. The third-order valence-electron chi connectivity index (χ3n) is 3.45. The van der Waals surface area contributed by atoms with Crippen molar-refractivity contribution < 1.29 is 4.74 Å². The Morgan fingerprint density at radius 3 is 2.75 bits per heavy atom. The molecule has 2 aromatic carbocycles. The van der Waals surface area contributed by atoms with Crippen LogP contribution in [0, 0.1) is 0 Å². The number of hydrogen-bond donors (Lipinski definition) is 0. The fourth-order valence-electron chi connectivity index (χ4n) is 2.49. The molecule has 20 heavy (non-hydrogen) atoms. The van der Waals surface area contributed by atoms with Crippen LogP contribution in [0.15, 0.2) is 45.3 Å². The van der Waals surface area contributed by atoms with Crippen LogP contribution in [0.2, 0.25) is 0 Å². The number of benzene rings is 2. The van der Waals surface area contributed by atoms with Crippen molar-refractivity contribution in [3.05, 3.63) is 62.0 Å². The van der Waals surface area contributed by atoms with Gasteiger partial charge in [-0.2, -0.15) is 0 Å². The van der Waals surface area contributed by atoms with Gasteiger partial charge in [0, 0.05) is 15.4 Å². The molecule has 0 bridgehead atoms. The molecule has 2 atom stereocenters. The maximum absolute atomic E-state index is 6.64. The quantitative estimate of drug-likeness (QED) is 0.557. The van der Waals surface area contributed by atoms with Crippen LogP contribution in [0.25, 0.3) is 0 Å². The molecule has 2 aromatic rings. The van der Waals surface area contributed by atoms with Gasteiger partial charge in [-0.05, 0) is 41.8 Å². The molecule has 0 saturated carbocycles. The highest BCUT2D eigenvalue weighted by Crippen LogP contribution is 2.38. The van der Waals surface area contributed by atoms with Crippen molar-refractivity contribution in [2.45, 2.75) is 24.8 Å². The van der Waals surface area contributed by atoms with Gasteiger partial charge >= 0.3 is 0 Å². The lowest BCUT2D eigenvalue weighted by Gasteiger charge is -2.13. The predicted octanol–water partition coefficient (Wildman–Crippen LogP) is 5.86. The van der Waals surface area contributed by atoms with Crippen molar-refractivity contribution in [3.63, 3.8) is 0 Å². The summed E-state index contributed by atoms with van der Waals surface area (Å²) in [5.41, 5.74) is 3.42. The van der Waals surface area contributed by atoms with E-state index >= 15 is 0 Å². The molecule has 4 heteroatoms. The molecule has 0 saturated heterocycles. The second-order valence-corrected chi connectivity index (χ2v) is 7.23. The van der Waals surface area contributed by atoms with Crippen molar-refractivity contribution >= 4 is 43.5 Å². The van der Waals surface area contributed by atoms with Crippen LogP contribution in [0.3, 0.4) is 0 Å². The fraction of sp³-hybridized carbons (Fsp3) is 0.250. The molecule has 0 N–H and O–H groups in total. The first kappa shape index (κ1) is 14.4. The lowest BCUT2D eigenvalue weighted by atomic mass is 10.0. The number of halogens is 3. The normalized spacial score (nSPS) is 18.5. The second kappa shape index (κ2) is 5.70. The topological polar surface area (TPSA) is 9.23 Å². The molecule has 1 aliphatic heterocycles. The summed E-state index contributed by atoms with van der Waals surface area (Å²) in [7, 11) is 0. The van der Waals surface area contributed by atoms with E-state index in [4.69, 9.17) is 16.3 Å². The van der Waals surface area contributed by atoms with Crippen LogP contribution in [-0.4, -0.2) is 6.10 Å². The average molecular weight is 417 g/mol. The van der Waals surface area contributed by atoms with Crippen LogP contribution in [-0.2, 0) is 6.42 Å². The van der Waals surface area contributed by atoms with Crippen LogP contribution < -0.4 is 4.74 Å². The van der Waals surface area contributed by atoms with E-state index in [2.05, 4.69) is 44.8 Å². The SMILES string of the molecule is CC1Cc2cc(C(Cl)c3ccc(Br)cc3Br)ccc2O1. The number of ether oxygens (including phenoxy) is 1. The highest BCUT2D eigenvalue weighted by Gasteiger charge is 2.21. The number of hydrogen-bond acceptors (Lipinski definition) is 1. The minimum absolute atomic E-state index is 0.168. The Kier molecular flexibility index (Phi) is 4.11. The molecule has 3 rings (SSSR count). The smallest absolute Gasteiger partial charge is 0.123 e. The Morgan fingerprint density at radius 2 is 2.00 bits per heavy atom. The average Bonchev–Trinajstić information content (AvgIpc) is 2.77. The van der Waals surface area contributed by atoms with Gasteiger partial charge in [-0.1, -0.05) is 50.1 Å². The largest absolute Gasteiger partial charge is 0.490 e. The summed E-state index contributed by atoms with van der Waals surface area (Å²) in [6, 6.07) is 12.3. The van der Waals surface area contributed by atoms with Crippen LogP contribution in [0.1, 0.15) is 29.0 Å². The van der Waals surface area contributed by atoms with Gasteiger partial charge in [0.25, 0.3) is 0 Å². The molecule has 1 nitrogen and oxygen atoms in total. The van der Waals surface area contributed by atoms with Gasteiger partial charge in [-0.15, -0.1) is 11.6 Å². The van der Waals surface area contributed by atoms with Crippen LogP contribution >= 0.6 is 43.5 Å². The third kappa shape index (κ3) is 2.76. The van der Waals surface area contributed by atoms with Gasteiger partial charge in [0.2, 0.25) is 0 Å². The molecule has 0 fully saturated rings. The molecule has 1 aliphatic rings. The van der Waals surface area contributed by atoms with Gasteiger partial charge in [-0.25, -0.2) is 0 Å². The Morgan fingerprint density at radius 1 is 1.20 bits per heavy atom. The van der Waals surface area contributed by atoms with Crippen molar-refractivity contribution in [2.24, 2.45) is 0 Å². The maximum Gasteiger partial charge on any atom is 0.123 e. The summed E-state index contributed by atoms with van der Waals surface area (Å²) in [4.78, 5) is 0. The van der Waals surface area contributed by atoms with Crippen molar-refractivity contribution in [1.82, 2.24) is 0 Å². The Bertz CT molecular complexity index is 657. The number of fused-ring (bicyclic) bond motifs is 1. The molecule has 0 spiro atoms. The van der Waals surface area contributed by atoms with E-state index in [1.54, 1.807) is 0 Å². The first-order valence-electron chi connectivity index (χ1n) is 6.43. The Hall–Kier alpha value is -0.510. The number of alkyl halides is 1. The van der Waals surface area contributed by atoms with E-state index in [9.17, 15) is 0 Å². The van der Waals surface area contributed by atoms with Crippen molar-refractivity contribution in [3.8, 4) is 5.75 Å². The number of rotatable bonds is 2. The molecule has 104 valence electrons. The van der Waals surface area contributed by atoms with Crippen molar-refractivity contribution in [1.29, 1.82) is 0 Å². The van der Waals surface area contributed by atoms with Gasteiger partial charge in [-0.3, -0.25) is 0 Å². The molecule has 0 radical (unpaired) electrons. The monoisotopic (exact) mass is 414 g/mol. The van der Waals surface area contributed by atoms with E-state index in [1.165, 1.54) is 5.56 Å². The van der Waals surface area contributed by atoms with Gasteiger partial charge in [0.15, 0.2) is 0 Å². The van der Waals surface area contributed by atoms with E-state index in [-0.39, 0.29) is 11.5 Å². The summed E-state index contributed by atoms with van der Waals surface area (Å²) in [6.07, 6.45) is 1.21. The second-order valence-electron chi connectivity index (χ2n) is 5.03. The first-order chi connectivity index (χ1) is 9.54.